The molecule has 4 nitrogen and oxygen atoms in total. The average molecular weight is 288 g/mol. The molecule has 0 aliphatic rings. The van der Waals surface area contributed by atoms with Crippen molar-refractivity contribution in [1.29, 1.82) is 0 Å². The van der Waals surface area contributed by atoms with E-state index in [-0.39, 0.29) is 12.6 Å². The molecule has 1 aromatic rings. The van der Waals surface area contributed by atoms with E-state index >= 15 is 0 Å². The number of aryl methyl sites for hydroxylation is 1. The van der Waals surface area contributed by atoms with Gasteiger partial charge in [-0.25, -0.2) is 4.79 Å². The number of carbonyl (C=O) groups is 2. The van der Waals surface area contributed by atoms with E-state index in [1.54, 1.807) is 32.1 Å². The van der Waals surface area contributed by atoms with E-state index in [1.807, 2.05) is 13.0 Å². The Balaban J connectivity index is 3.02. The normalized spacial score (nSPS) is 11.0. The molecule has 0 aliphatic heterocycles. The first kappa shape index (κ1) is 16.7. The zero-order valence-corrected chi connectivity index (χ0v) is 12.9. The molecule has 1 aromatic carbocycles. The second kappa shape index (κ2) is 7.43. The Morgan fingerprint density at radius 3 is 2.52 bits per heavy atom. The maximum atomic E-state index is 11.9. The Morgan fingerprint density at radius 2 is 1.95 bits per heavy atom. The van der Waals surface area contributed by atoms with E-state index in [1.165, 1.54) is 6.92 Å². The highest BCUT2D eigenvalue weighted by Gasteiger charge is 2.13. The van der Waals surface area contributed by atoms with Crippen molar-refractivity contribution in [2.24, 2.45) is 0 Å². The van der Waals surface area contributed by atoms with Crippen molar-refractivity contribution in [2.75, 3.05) is 6.61 Å². The number of hydrogen-bond acceptors (Lipinski definition) is 4. The van der Waals surface area contributed by atoms with Gasteiger partial charge in [0.15, 0.2) is 0 Å². The van der Waals surface area contributed by atoms with Gasteiger partial charge in [-0.1, -0.05) is 24.8 Å². The van der Waals surface area contributed by atoms with Crippen LogP contribution in [-0.4, -0.2) is 18.5 Å². The van der Waals surface area contributed by atoms with Crippen LogP contribution in [0.25, 0.3) is 5.57 Å². The molecule has 0 atom stereocenters. The molecule has 0 saturated carbocycles. The second-order valence-corrected chi connectivity index (χ2v) is 4.74. The van der Waals surface area contributed by atoms with Crippen LogP contribution in [-0.2, 0) is 14.3 Å². The van der Waals surface area contributed by atoms with Gasteiger partial charge in [-0.3, -0.25) is 4.79 Å². The molecule has 0 amide bonds. The van der Waals surface area contributed by atoms with E-state index in [0.29, 0.717) is 22.5 Å². The maximum Gasteiger partial charge on any atom is 0.338 e. The molecule has 0 aliphatic carbocycles. The smallest absolute Gasteiger partial charge is 0.338 e. The van der Waals surface area contributed by atoms with Crippen molar-refractivity contribution >= 4 is 17.5 Å². The Morgan fingerprint density at radius 1 is 1.29 bits per heavy atom. The summed E-state index contributed by atoms with van der Waals surface area (Å²) < 4.78 is 10.3. The van der Waals surface area contributed by atoms with Crippen molar-refractivity contribution in [1.82, 2.24) is 0 Å². The largest absolute Gasteiger partial charge is 0.461 e. The van der Waals surface area contributed by atoms with Gasteiger partial charge in [-0.05, 0) is 38.0 Å². The fraction of sp³-hybridized carbons (Fsp3) is 0.294. The van der Waals surface area contributed by atoms with E-state index in [4.69, 9.17) is 9.47 Å². The van der Waals surface area contributed by atoms with Crippen LogP contribution in [0, 0.1) is 6.92 Å². The predicted molar refractivity (Wildman–Crippen MR) is 81.9 cm³/mol. The molecule has 0 fully saturated rings. The Kier molecular flexibility index (Phi) is 5.91. The lowest BCUT2D eigenvalue weighted by atomic mass is 10.0. The zero-order chi connectivity index (χ0) is 16.0. The lowest BCUT2D eigenvalue weighted by Crippen LogP contribution is -2.11. The summed E-state index contributed by atoms with van der Waals surface area (Å²) in [7, 11) is 0. The number of esters is 2. The Labute approximate surface area is 125 Å². The molecule has 0 bridgehead atoms. The summed E-state index contributed by atoms with van der Waals surface area (Å²) in [6, 6.07) is 5.44. The predicted octanol–water partition coefficient (Wildman–Crippen LogP) is 3.44. The Hall–Kier alpha value is -2.36. The van der Waals surface area contributed by atoms with E-state index in [0.717, 1.165) is 5.56 Å². The molecule has 21 heavy (non-hydrogen) atoms. The second-order valence-electron chi connectivity index (χ2n) is 4.74. The van der Waals surface area contributed by atoms with Gasteiger partial charge in [0, 0.05) is 18.1 Å². The zero-order valence-electron chi connectivity index (χ0n) is 12.9. The van der Waals surface area contributed by atoms with Crippen LogP contribution in [0.3, 0.4) is 0 Å². The van der Waals surface area contributed by atoms with Crippen molar-refractivity contribution in [3.63, 3.8) is 0 Å². The Bertz CT molecular complexity index is 597. The van der Waals surface area contributed by atoms with Crippen LogP contribution >= 0.6 is 0 Å². The van der Waals surface area contributed by atoms with E-state index < -0.39 is 5.97 Å². The summed E-state index contributed by atoms with van der Waals surface area (Å²) >= 11 is 0. The number of benzene rings is 1. The van der Waals surface area contributed by atoms with Crippen LogP contribution in [0.2, 0.25) is 0 Å². The monoisotopic (exact) mass is 288 g/mol. The van der Waals surface area contributed by atoms with E-state index in [9.17, 15) is 9.59 Å². The molecule has 0 heterocycles. The topological polar surface area (TPSA) is 52.6 Å². The van der Waals surface area contributed by atoms with Crippen LogP contribution in [0.4, 0.5) is 0 Å². The summed E-state index contributed by atoms with van der Waals surface area (Å²) in [5.74, 6) is -0.380. The van der Waals surface area contributed by atoms with Crippen LogP contribution in [0.1, 0.15) is 31.9 Å². The fourth-order valence-electron chi connectivity index (χ4n) is 1.57. The van der Waals surface area contributed by atoms with Gasteiger partial charge in [0.1, 0.15) is 12.4 Å². The van der Waals surface area contributed by atoms with Gasteiger partial charge < -0.3 is 9.47 Å². The van der Waals surface area contributed by atoms with Crippen LogP contribution in [0.5, 0.6) is 5.75 Å². The maximum absolute atomic E-state index is 11.9. The molecule has 112 valence electrons. The summed E-state index contributed by atoms with van der Waals surface area (Å²) in [5, 5.41) is 0. The third-order valence-electron chi connectivity index (χ3n) is 2.93. The van der Waals surface area contributed by atoms with E-state index in [2.05, 4.69) is 6.58 Å². The highest BCUT2D eigenvalue weighted by atomic mass is 16.5. The molecule has 4 heteroatoms. The number of rotatable bonds is 5. The average Bonchev–Trinajstić information content (AvgIpc) is 2.43. The first-order valence-corrected chi connectivity index (χ1v) is 6.62. The van der Waals surface area contributed by atoms with Crippen molar-refractivity contribution in [2.45, 2.75) is 27.7 Å². The molecule has 0 spiro atoms. The summed E-state index contributed by atoms with van der Waals surface area (Å²) in [6.07, 6.45) is 1.69. The quantitative estimate of drug-likeness (QED) is 0.473. The SMILES string of the molecule is C=C(COC(C)=O)c1ccc(C)cc1OC(=O)/C(C)=C\C. The lowest BCUT2D eigenvalue weighted by Gasteiger charge is -2.13. The van der Waals surface area contributed by atoms with Gasteiger partial charge in [0.25, 0.3) is 0 Å². The highest BCUT2D eigenvalue weighted by molar-refractivity contribution is 5.90. The molecule has 0 N–H and O–H groups in total. The molecule has 0 radical (unpaired) electrons. The van der Waals surface area contributed by atoms with Crippen molar-refractivity contribution in [3.05, 3.63) is 47.6 Å². The van der Waals surface area contributed by atoms with Crippen molar-refractivity contribution < 1.29 is 19.1 Å². The minimum atomic E-state index is -0.412. The van der Waals surface area contributed by atoms with Gasteiger partial charge in [-0.15, -0.1) is 0 Å². The minimum Gasteiger partial charge on any atom is -0.461 e. The highest BCUT2D eigenvalue weighted by Crippen LogP contribution is 2.27. The molecule has 0 unspecified atom stereocenters. The first-order chi connectivity index (χ1) is 9.85. The number of allylic oxidation sites excluding steroid dienone is 1. The molecular formula is C17H20O4. The summed E-state index contributed by atoms with van der Waals surface area (Å²) in [5.41, 5.74) is 2.71. The molecule has 0 saturated heterocycles. The van der Waals surface area contributed by atoms with Gasteiger partial charge in [0.05, 0.1) is 0 Å². The lowest BCUT2D eigenvalue weighted by molar-refractivity contribution is -0.139. The van der Waals surface area contributed by atoms with Crippen LogP contribution < -0.4 is 4.74 Å². The number of hydrogen-bond donors (Lipinski definition) is 0. The number of ether oxygens (including phenoxy) is 2. The van der Waals surface area contributed by atoms with Gasteiger partial charge >= 0.3 is 11.9 Å². The van der Waals surface area contributed by atoms with Gasteiger partial charge in [-0.2, -0.15) is 0 Å². The minimum absolute atomic E-state index is 0.0611. The summed E-state index contributed by atoms with van der Waals surface area (Å²) in [6.45, 7) is 10.6. The van der Waals surface area contributed by atoms with Gasteiger partial charge in [0.2, 0.25) is 0 Å². The van der Waals surface area contributed by atoms with Crippen LogP contribution in [0.15, 0.2) is 36.4 Å². The summed E-state index contributed by atoms with van der Waals surface area (Å²) in [4.78, 5) is 22.8. The standard InChI is InChI=1S/C17H20O4/c1-6-12(3)17(19)21-16-9-11(2)7-8-15(16)13(4)10-20-14(5)18/h6-9H,4,10H2,1-3,5H3/b12-6-. The molecule has 1 rings (SSSR count). The third kappa shape index (κ3) is 4.91. The first-order valence-electron chi connectivity index (χ1n) is 6.62. The third-order valence-corrected chi connectivity index (χ3v) is 2.93. The fourth-order valence-corrected chi connectivity index (χ4v) is 1.57. The number of carbonyl (C=O) groups excluding carboxylic acids is 2. The van der Waals surface area contributed by atoms with Crippen molar-refractivity contribution in [3.8, 4) is 5.75 Å². The molecular weight excluding hydrogens is 268 g/mol. The molecule has 0 aromatic heterocycles.